The maximum atomic E-state index is 7.22. The Bertz CT molecular complexity index is 2190. The van der Waals surface area contributed by atoms with E-state index in [1.807, 2.05) is 0 Å². The minimum Gasteiger partial charge on any atom is -0.455 e. The molecule has 0 radical (unpaired) electrons. The number of allylic oxidation sites excluding steroid dienone is 5. The molecule has 2 heteroatoms. The molecule has 0 N–H and O–H groups in total. The molecular formula is C53H69NO. The first-order valence-electron chi connectivity index (χ1n) is 21.7. The summed E-state index contributed by atoms with van der Waals surface area (Å²) in [7, 11) is 0. The van der Waals surface area contributed by atoms with Crippen LogP contribution in [0.3, 0.4) is 0 Å². The Kier molecular flexibility index (Phi) is 10.7. The van der Waals surface area contributed by atoms with Crippen LogP contribution in [0, 0.1) is 62.2 Å². The molecule has 3 aromatic carbocycles. The number of hydrogen-bond donors (Lipinski definition) is 0. The smallest absolute Gasteiger partial charge is 0.145 e. The molecule has 0 fully saturated rings. The van der Waals surface area contributed by atoms with Crippen molar-refractivity contribution >= 4 is 27.6 Å². The van der Waals surface area contributed by atoms with Gasteiger partial charge < -0.3 is 9.32 Å². The molecular weight excluding hydrogens is 667 g/mol. The number of furan rings is 1. The summed E-state index contributed by atoms with van der Waals surface area (Å²) in [5.41, 5.74) is 15.5. The lowest BCUT2D eigenvalue weighted by Gasteiger charge is -2.52. The van der Waals surface area contributed by atoms with E-state index in [-0.39, 0.29) is 11.5 Å². The van der Waals surface area contributed by atoms with E-state index in [0.717, 1.165) is 42.5 Å². The van der Waals surface area contributed by atoms with E-state index in [0.29, 0.717) is 47.3 Å². The van der Waals surface area contributed by atoms with Crippen LogP contribution in [0.2, 0.25) is 0 Å². The van der Waals surface area contributed by atoms with Crippen molar-refractivity contribution in [2.75, 3.05) is 0 Å². The fourth-order valence-corrected chi connectivity index (χ4v) is 10.9. The Morgan fingerprint density at radius 1 is 0.855 bits per heavy atom. The maximum absolute atomic E-state index is 7.22. The van der Waals surface area contributed by atoms with Gasteiger partial charge in [-0.1, -0.05) is 130 Å². The maximum Gasteiger partial charge on any atom is 0.145 e. The summed E-state index contributed by atoms with van der Waals surface area (Å²) >= 11 is 0. The van der Waals surface area contributed by atoms with Gasteiger partial charge in [0.1, 0.15) is 11.2 Å². The molecule has 7 atom stereocenters. The normalized spacial score (nSPS) is 25.0. The lowest BCUT2D eigenvalue weighted by Crippen LogP contribution is -2.48. The Hall–Kier alpha value is -3.78. The number of aryl methyl sites for hydroxylation is 3. The van der Waals surface area contributed by atoms with Crippen LogP contribution < -0.4 is 0 Å². The first-order valence-corrected chi connectivity index (χ1v) is 21.7. The van der Waals surface area contributed by atoms with Crippen LogP contribution in [0.15, 0.2) is 94.6 Å². The highest BCUT2D eigenvalue weighted by atomic mass is 16.3. The van der Waals surface area contributed by atoms with Crippen molar-refractivity contribution < 1.29 is 4.42 Å². The van der Waals surface area contributed by atoms with Crippen molar-refractivity contribution in [1.29, 1.82) is 0 Å². The third kappa shape index (κ3) is 6.68. The molecule has 3 aliphatic rings. The van der Waals surface area contributed by atoms with E-state index in [1.54, 1.807) is 5.57 Å². The van der Waals surface area contributed by atoms with Gasteiger partial charge in [0.15, 0.2) is 0 Å². The van der Waals surface area contributed by atoms with Gasteiger partial charge in [0, 0.05) is 39.1 Å². The van der Waals surface area contributed by atoms with Gasteiger partial charge in [0.2, 0.25) is 0 Å². The zero-order valence-electron chi connectivity index (χ0n) is 36.4. The van der Waals surface area contributed by atoms with Gasteiger partial charge in [-0.05, 0) is 139 Å². The summed E-state index contributed by atoms with van der Waals surface area (Å²) in [6.45, 7) is 36.7. The van der Waals surface area contributed by atoms with Gasteiger partial charge >= 0.3 is 0 Å². The highest BCUT2D eigenvalue weighted by molar-refractivity contribution is 6.11. The average Bonchev–Trinajstić information content (AvgIpc) is 3.52. The first kappa shape index (κ1) is 39.5. The van der Waals surface area contributed by atoms with Crippen molar-refractivity contribution in [3.05, 3.63) is 124 Å². The molecule has 2 nitrogen and oxygen atoms in total. The quantitative estimate of drug-likeness (QED) is 0.168. The van der Waals surface area contributed by atoms with Crippen LogP contribution in [0.4, 0.5) is 0 Å². The number of rotatable bonds is 8. The van der Waals surface area contributed by atoms with Crippen LogP contribution in [0.1, 0.15) is 134 Å². The lowest BCUT2D eigenvalue weighted by atomic mass is 9.59. The molecule has 55 heavy (non-hydrogen) atoms. The number of nitrogens with zero attached hydrogens (tertiary/aromatic N) is 1. The minimum atomic E-state index is -0.141. The van der Waals surface area contributed by atoms with Crippen molar-refractivity contribution in [1.82, 2.24) is 4.90 Å². The molecule has 0 saturated carbocycles. The van der Waals surface area contributed by atoms with Crippen LogP contribution in [0.25, 0.3) is 27.6 Å². The standard InChI is InChI=1S/C53H69NO/c1-30(2)36(10)37(11)38(12)53(14)29-41-22-18-19-23-47(41)54(51-43(31(3)4)27-42(28-44(51)32(5)6)40-20-16-15-17-21-40)39(13)50-46(53)25-35(9)49-45-24-33(7)34(8)26-48(45)55-52(49)50/h15-18,20-22,24-27,30-32,36-38,42,44,51H,13,19,23,28-29H2,1-12,14H3/t36-,37?,38?,42?,44?,51?,53?/m1/s1. The fraction of sp³-hybridized carbons (Fsp3) is 0.509. The molecule has 6 unspecified atom stereocenters. The third-order valence-electron chi connectivity index (χ3n) is 15.2. The molecule has 292 valence electrons. The lowest BCUT2D eigenvalue weighted by molar-refractivity contribution is 0.146. The van der Waals surface area contributed by atoms with Crippen molar-refractivity contribution in [3.63, 3.8) is 0 Å². The molecule has 1 aliphatic heterocycles. The summed E-state index contributed by atoms with van der Waals surface area (Å²) in [4.78, 5) is 2.79. The first-order chi connectivity index (χ1) is 26.0. The second-order valence-corrected chi connectivity index (χ2v) is 19.4. The highest BCUT2D eigenvalue weighted by Gasteiger charge is 2.47. The van der Waals surface area contributed by atoms with Crippen LogP contribution >= 0.6 is 0 Å². The molecule has 2 heterocycles. The van der Waals surface area contributed by atoms with E-state index < -0.39 is 0 Å². The molecule has 4 aromatic rings. The van der Waals surface area contributed by atoms with Crippen LogP contribution in [0.5, 0.6) is 0 Å². The molecule has 1 aromatic heterocycles. The number of benzene rings is 3. The zero-order valence-corrected chi connectivity index (χ0v) is 36.4. The van der Waals surface area contributed by atoms with Crippen LogP contribution in [-0.4, -0.2) is 10.9 Å². The molecule has 2 aliphatic carbocycles. The van der Waals surface area contributed by atoms with Gasteiger partial charge in [0.05, 0.1) is 6.04 Å². The third-order valence-corrected chi connectivity index (χ3v) is 15.2. The topological polar surface area (TPSA) is 16.4 Å². The summed E-state index contributed by atoms with van der Waals surface area (Å²) in [5.74, 6) is 3.93. The van der Waals surface area contributed by atoms with Crippen LogP contribution in [-0.2, 0) is 5.41 Å². The monoisotopic (exact) mass is 736 g/mol. The number of fused-ring (bicyclic) bond motifs is 5. The Morgan fingerprint density at radius 2 is 1.55 bits per heavy atom. The summed E-state index contributed by atoms with van der Waals surface area (Å²) in [6.07, 6.45) is 11.8. The van der Waals surface area contributed by atoms with Gasteiger partial charge in [-0.3, -0.25) is 0 Å². The van der Waals surface area contributed by atoms with Gasteiger partial charge in [-0.25, -0.2) is 0 Å². The molecule has 0 bridgehead atoms. The summed E-state index contributed by atoms with van der Waals surface area (Å²) in [5, 5.41) is 2.48. The van der Waals surface area contributed by atoms with Crippen molar-refractivity contribution in [2.45, 2.75) is 133 Å². The SMILES string of the molecule is C=C1c2c(cc(C)c3c2oc2cc(C)c(C)cc23)C(C)(C(C)C(C)[C@H](C)C(C)C)CC2=C(CCC=C2)N1C1C(C(C)C)=CC(c2ccccc2)CC1C(C)C. The van der Waals surface area contributed by atoms with E-state index in [9.17, 15) is 0 Å². The number of hydrogen-bond acceptors (Lipinski definition) is 2. The van der Waals surface area contributed by atoms with Gasteiger partial charge in [0.25, 0.3) is 0 Å². The Labute approximate surface area is 333 Å². The highest BCUT2D eigenvalue weighted by Crippen LogP contribution is 2.55. The molecule has 0 amide bonds. The zero-order chi connectivity index (χ0) is 39.7. The molecule has 0 saturated heterocycles. The van der Waals surface area contributed by atoms with E-state index in [2.05, 4.69) is 162 Å². The predicted molar refractivity (Wildman–Crippen MR) is 237 cm³/mol. The Balaban J connectivity index is 1.56. The van der Waals surface area contributed by atoms with Crippen molar-refractivity contribution in [3.8, 4) is 0 Å². The second kappa shape index (κ2) is 14.9. The van der Waals surface area contributed by atoms with E-state index >= 15 is 0 Å². The second-order valence-electron chi connectivity index (χ2n) is 19.4. The van der Waals surface area contributed by atoms with E-state index in [4.69, 9.17) is 11.0 Å². The van der Waals surface area contributed by atoms with Crippen molar-refractivity contribution in [2.24, 2.45) is 41.4 Å². The van der Waals surface area contributed by atoms with Gasteiger partial charge in [-0.2, -0.15) is 0 Å². The Morgan fingerprint density at radius 3 is 2.20 bits per heavy atom. The minimum absolute atomic E-state index is 0.141. The van der Waals surface area contributed by atoms with E-state index in [1.165, 1.54) is 55.4 Å². The molecule has 0 spiro atoms. The molecule has 7 rings (SSSR count). The van der Waals surface area contributed by atoms with Gasteiger partial charge in [-0.15, -0.1) is 0 Å². The fourth-order valence-electron chi connectivity index (χ4n) is 10.9. The predicted octanol–water partition coefficient (Wildman–Crippen LogP) is 15.0. The summed E-state index contributed by atoms with van der Waals surface area (Å²) in [6, 6.07) is 18.6. The largest absolute Gasteiger partial charge is 0.455 e. The average molecular weight is 736 g/mol. The summed E-state index contributed by atoms with van der Waals surface area (Å²) < 4.78 is 7.22.